The minimum absolute atomic E-state index is 0.224. The molecule has 0 spiro atoms. The average molecular weight is 240 g/mol. The molecule has 1 aromatic heterocycles. The second-order valence-electron chi connectivity index (χ2n) is 4.56. The zero-order chi connectivity index (χ0) is 12.2. The van der Waals surface area contributed by atoms with Gasteiger partial charge in [0.15, 0.2) is 0 Å². The molecule has 0 aromatic carbocycles. The molecule has 0 radical (unpaired) electrons. The summed E-state index contributed by atoms with van der Waals surface area (Å²) in [5.41, 5.74) is 3.60. The zero-order valence-corrected chi connectivity index (χ0v) is 11.2. The first-order valence-electron chi connectivity index (χ1n) is 5.42. The molecular weight excluding hydrogens is 220 g/mol. The topological polar surface area (TPSA) is 63.8 Å². The highest BCUT2D eigenvalue weighted by molar-refractivity contribution is 7.99. The Hall–Kier alpha value is -0.810. The molecule has 0 unspecified atom stereocenters. The van der Waals surface area contributed by atoms with Gasteiger partial charge in [-0.15, -0.1) is 11.8 Å². The maximum Gasteiger partial charge on any atom is 0.143 e. The van der Waals surface area contributed by atoms with Gasteiger partial charge in [-0.1, -0.05) is 27.7 Å². The van der Waals surface area contributed by atoms with Crippen molar-refractivity contribution in [1.29, 1.82) is 0 Å². The van der Waals surface area contributed by atoms with E-state index in [4.69, 9.17) is 5.84 Å². The largest absolute Gasteiger partial charge is 0.308 e. The number of thioether (sulfide) groups is 1. The lowest BCUT2D eigenvalue weighted by Crippen LogP contribution is -2.13. The fraction of sp³-hybridized carbons (Fsp3) is 0.636. The standard InChI is InChI=1S/C11H20N4S/c1-5-8-6-9(15-12)14-10(13-8)7-16-11(2,3)4/h6H,5,7,12H2,1-4H3,(H,13,14,15). The van der Waals surface area contributed by atoms with Gasteiger partial charge in [-0.25, -0.2) is 15.8 Å². The van der Waals surface area contributed by atoms with Crippen LogP contribution in [0.15, 0.2) is 6.07 Å². The minimum atomic E-state index is 0.224. The Labute approximate surface area is 101 Å². The van der Waals surface area contributed by atoms with Crippen LogP contribution in [0.2, 0.25) is 0 Å². The van der Waals surface area contributed by atoms with Gasteiger partial charge in [-0.05, 0) is 6.42 Å². The van der Waals surface area contributed by atoms with Gasteiger partial charge in [0.2, 0.25) is 0 Å². The summed E-state index contributed by atoms with van der Waals surface area (Å²) in [6.45, 7) is 8.62. The third kappa shape index (κ3) is 4.37. The molecule has 1 heterocycles. The highest BCUT2D eigenvalue weighted by Gasteiger charge is 2.12. The van der Waals surface area contributed by atoms with Crippen LogP contribution in [0.1, 0.15) is 39.2 Å². The third-order valence-corrected chi connectivity index (χ3v) is 3.24. The van der Waals surface area contributed by atoms with Crippen LogP contribution < -0.4 is 11.3 Å². The van der Waals surface area contributed by atoms with Crippen molar-refractivity contribution < 1.29 is 0 Å². The second kappa shape index (κ2) is 5.50. The Morgan fingerprint density at radius 3 is 2.56 bits per heavy atom. The summed E-state index contributed by atoms with van der Waals surface area (Å²) in [4.78, 5) is 8.81. The van der Waals surface area contributed by atoms with Crippen LogP contribution in [0.25, 0.3) is 0 Å². The van der Waals surface area contributed by atoms with Gasteiger partial charge in [0, 0.05) is 16.5 Å². The quantitative estimate of drug-likeness (QED) is 0.625. The van der Waals surface area contributed by atoms with E-state index in [9.17, 15) is 0 Å². The van der Waals surface area contributed by atoms with Crippen LogP contribution in [0.3, 0.4) is 0 Å². The van der Waals surface area contributed by atoms with E-state index in [2.05, 4.69) is 43.1 Å². The summed E-state index contributed by atoms with van der Waals surface area (Å²) in [5.74, 6) is 7.72. The van der Waals surface area contributed by atoms with E-state index in [0.717, 1.165) is 23.7 Å². The smallest absolute Gasteiger partial charge is 0.143 e. The van der Waals surface area contributed by atoms with Crippen LogP contribution in [0.5, 0.6) is 0 Å². The Kier molecular flexibility index (Phi) is 4.56. The minimum Gasteiger partial charge on any atom is -0.308 e. The maximum atomic E-state index is 5.38. The Bertz CT molecular complexity index is 324. The van der Waals surface area contributed by atoms with Gasteiger partial charge in [0.1, 0.15) is 11.6 Å². The molecular formula is C11H20N4S. The predicted molar refractivity (Wildman–Crippen MR) is 70.3 cm³/mol. The molecule has 0 aliphatic heterocycles. The van der Waals surface area contributed by atoms with Gasteiger partial charge in [0.05, 0.1) is 5.75 Å². The molecule has 0 saturated carbocycles. The van der Waals surface area contributed by atoms with Crippen LogP contribution in [-0.4, -0.2) is 14.7 Å². The number of hydrogen-bond donors (Lipinski definition) is 2. The zero-order valence-electron chi connectivity index (χ0n) is 10.4. The molecule has 0 amide bonds. The number of nitrogens with two attached hydrogens (primary N) is 1. The first-order valence-corrected chi connectivity index (χ1v) is 6.40. The van der Waals surface area contributed by atoms with E-state index in [-0.39, 0.29) is 4.75 Å². The van der Waals surface area contributed by atoms with Crippen molar-refractivity contribution in [2.75, 3.05) is 5.43 Å². The highest BCUT2D eigenvalue weighted by atomic mass is 32.2. The number of hydrogen-bond acceptors (Lipinski definition) is 5. The van der Waals surface area contributed by atoms with Crippen molar-refractivity contribution >= 4 is 17.6 Å². The van der Waals surface area contributed by atoms with E-state index in [0.29, 0.717) is 5.82 Å². The Morgan fingerprint density at radius 2 is 2.06 bits per heavy atom. The molecule has 1 rings (SSSR count). The molecule has 0 bridgehead atoms. The number of anilines is 1. The lowest BCUT2D eigenvalue weighted by Gasteiger charge is -2.17. The molecule has 5 heteroatoms. The number of nitrogens with one attached hydrogen (secondary N) is 1. The maximum absolute atomic E-state index is 5.38. The first kappa shape index (κ1) is 13.3. The van der Waals surface area contributed by atoms with Gasteiger partial charge in [0.25, 0.3) is 0 Å². The fourth-order valence-corrected chi connectivity index (χ4v) is 1.84. The highest BCUT2D eigenvalue weighted by Crippen LogP contribution is 2.26. The summed E-state index contributed by atoms with van der Waals surface area (Å²) >= 11 is 1.83. The van der Waals surface area contributed by atoms with Crippen molar-refractivity contribution in [1.82, 2.24) is 9.97 Å². The molecule has 0 fully saturated rings. The molecule has 3 N–H and O–H groups in total. The number of nitrogen functional groups attached to an aromatic ring is 1. The molecule has 0 aliphatic carbocycles. The predicted octanol–water partition coefficient (Wildman–Crippen LogP) is 2.36. The molecule has 0 atom stereocenters. The number of rotatable bonds is 4. The van der Waals surface area contributed by atoms with Crippen molar-refractivity contribution in [2.24, 2.45) is 5.84 Å². The van der Waals surface area contributed by atoms with Crippen LogP contribution in [0, 0.1) is 0 Å². The van der Waals surface area contributed by atoms with Crippen LogP contribution in [-0.2, 0) is 12.2 Å². The number of hydrazine groups is 1. The number of aryl methyl sites for hydroxylation is 1. The monoisotopic (exact) mass is 240 g/mol. The van der Waals surface area contributed by atoms with Gasteiger partial charge >= 0.3 is 0 Å². The van der Waals surface area contributed by atoms with Crippen LogP contribution >= 0.6 is 11.8 Å². The first-order chi connectivity index (χ1) is 7.44. The van der Waals surface area contributed by atoms with Gasteiger partial charge in [-0.3, -0.25) is 0 Å². The van der Waals surface area contributed by atoms with Crippen molar-refractivity contribution in [2.45, 2.75) is 44.6 Å². The summed E-state index contributed by atoms with van der Waals surface area (Å²) in [5, 5.41) is 0. The van der Waals surface area contributed by atoms with Gasteiger partial charge < -0.3 is 5.43 Å². The summed E-state index contributed by atoms with van der Waals surface area (Å²) in [6, 6.07) is 1.88. The van der Waals surface area contributed by atoms with Crippen molar-refractivity contribution in [3.05, 3.63) is 17.6 Å². The lowest BCUT2D eigenvalue weighted by atomic mass is 10.3. The molecule has 1 aromatic rings. The number of nitrogens with zero attached hydrogens (tertiary/aromatic N) is 2. The van der Waals surface area contributed by atoms with E-state index in [1.807, 2.05) is 17.8 Å². The summed E-state index contributed by atoms with van der Waals surface area (Å²) in [6.07, 6.45) is 0.893. The molecule has 0 aliphatic rings. The summed E-state index contributed by atoms with van der Waals surface area (Å²) < 4.78 is 0.224. The average Bonchev–Trinajstić information content (AvgIpc) is 2.25. The third-order valence-electron chi connectivity index (χ3n) is 1.97. The van der Waals surface area contributed by atoms with Crippen LogP contribution in [0.4, 0.5) is 5.82 Å². The second-order valence-corrected chi connectivity index (χ2v) is 6.36. The Balaban J connectivity index is 2.79. The molecule has 16 heavy (non-hydrogen) atoms. The molecule has 0 saturated heterocycles. The lowest BCUT2D eigenvalue weighted by molar-refractivity contribution is 0.799. The van der Waals surface area contributed by atoms with E-state index >= 15 is 0 Å². The normalized spacial score (nSPS) is 11.6. The fourth-order valence-electron chi connectivity index (χ4n) is 1.15. The van der Waals surface area contributed by atoms with Crippen molar-refractivity contribution in [3.8, 4) is 0 Å². The van der Waals surface area contributed by atoms with E-state index < -0.39 is 0 Å². The Morgan fingerprint density at radius 1 is 1.38 bits per heavy atom. The SMILES string of the molecule is CCc1cc(NN)nc(CSC(C)(C)C)n1. The molecule has 4 nitrogen and oxygen atoms in total. The van der Waals surface area contributed by atoms with E-state index in [1.165, 1.54) is 0 Å². The van der Waals surface area contributed by atoms with E-state index in [1.54, 1.807) is 0 Å². The van der Waals surface area contributed by atoms with Gasteiger partial charge in [-0.2, -0.15) is 0 Å². The number of aromatic nitrogens is 2. The van der Waals surface area contributed by atoms with Crippen molar-refractivity contribution in [3.63, 3.8) is 0 Å². The summed E-state index contributed by atoms with van der Waals surface area (Å²) in [7, 11) is 0. The molecule has 90 valence electrons.